The number of nitrogens with zero attached hydrogens (tertiary/aromatic N) is 1. The van der Waals surface area contributed by atoms with Crippen LogP contribution in [0.2, 0.25) is 0 Å². The molecule has 3 rings (SSSR count). The van der Waals surface area contributed by atoms with E-state index in [9.17, 15) is 0 Å². The van der Waals surface area contributed by atoms with Gasteiger partial charge < -0.3 is 9.73 Å². The highest BCUT2D eigenvalue weighted by molar-refractivity contribution is 5.88. The molecule has 2 aromatic heterocycles. The predicted octanol–water partition coefficient (Wildman–Crippen LogP) is 2.40. The normalized spacial score (nSPS) is 16.3. The number of anilines is 1. The van der Waals surface area contributed by atoms with Gasteiger partial charge in [-0.3, -0.25) is 0 Å². The first-order valence-corrected chi connectivity index (χ1v) is 4.52. The van der Waals surface area contributed by atoms with Gasteiger partial charge in [0.05, 0.1) is 11.6 Å². The van der Waals surface area contributed by atoms with E-state index < -0.39 is 0 Å². The van der Waals surface area contributed by atoms with E-state index in [1.165, 1.54) is 12.8 Å². The zero-order chi connectivity index (χ0) is 8.67. The molecule has 13 heavy (non-hydrogen) atoms. The largest absolute Gasteiger partial charge is 0.464 e. The number of aromatic nitrogens is 1. The molecule has 0 saturated heterocycles. The molecule has 1 saturated carbocycles. The third-order valence-electron chi connectivity index (χ3n) is 2.30. The minimum Gasteiger partial charge on any atom is -0.464 e. The number of hydrogen-bond donors (Lipinski definition) is 1. The van der Waals surface area contributed by atoms with Crippen molar-refractivity contribution in [3.05, 3.63) is 24.6 Å². The lowest BCUT2D eigenvalue weighted by atomic mass is 10.3. The first-order chi connectivity index (χ1) is 6.43. The van der Waals surface area contributed by atoms with Crippen LogP contribution in [0.15, 0.2) is 29.0 Å². The van der Waals surface area contributed by atoms with Gasteiger partial charge in [0.2, 0.25) is 0 Å². The molecule has 3 heteroatoms. The molecule has 0 amide bonds. The maximum Gasteiger partial charge on any atom is 0.139 e. The summed E-state index contributed by atoms with van der Waals surface area (Å²) >= 11 is 0. The summed E-state index contributed by atoms with van der Waals surface area (Å²) in [5.41, 5.74) is 0.901. The summed E-state index contributed by atoms with van der Waals surface area (Å²) in [5.74, 6) is 0.953. The zero-order valence-electron chi connectivity index (χ0n) is 7.16. The van der Waals surface area contributed by atoms with Crippen LogP contribution in [0.1, 0.15) is 12.8 Å². The maximum atomic E-state index is 5.28. The first kappa shape index (κ1) is 6.95. The van der Waals surface area contributed by atoms with Crippen molar-refractivity contribution in [2.75, 3.05) is 5.32 Å². The van der Waals surface area contributed by atoms with E-state index in [4.69, 9.17) is 4.42 Å². The van der Waals surface area contributed by atoms with Gasteiger partial charge in [-0.05, 0) is 25.0 Å². The Kier molecular flexibility index (Phi) is 1.33. The number of rotatable bonds is 2. The van der Waals surface area contributed by atoms with Gasteiger partial charge in [-0.1, -0.05) is 0 Å². The molecular formula is C10H10N2O. The molecule has 0 aromatic carbocycles. The van der Waals surface area contributed by atoms with Crippen LogP contribution in [0.25, 0.3) is 11.0 Å². The van der Waals surface area contributed by atoms with Crippen LogP contribution in [0.4, 0.5) is 5.82 Å². The lowest BCUT2D eigenvalue weighted by Crippen LogP contribution is -2.02. The molecule has 0 radical (unpaired) electrons. The number of hydrogen-bond acceptors (Lipinski definition) is 3. The van der Waals surface area contributed by atoms with Crippen LogP contribution < -0.4 is 5.32 Å². The summed E-state index contributed by atoms with van der Waals surface area (Å²) in [6, 6.07) is 4.47. The summed E-state index contributed by atoms with van der Waals surface area (Å²) in [6.45, 7) is 0. The molecule has 1 aliphatic carbocycles. The standard InChI is InChI=1S/C10H10N2O/c1-2-7(1)12-10-8-4-6-13-9(8)3-5-11-10/h3-7H,1-2H2,(H,11,12). The van der Waals surface area contributed by atoms with Gasteiger partial charge >= 0.3 is 0 Å². The fraction of sp³-hybridized carbons (Fsp3) is 0.300. The molecular weight excluding hydrogens is 164 g/mol. The molecule has 0 spiro atoms. The van der Waals surface area contributed by atoms with Crippen molar-refractivity contribution in [3.63, 3.8) is 0 Å². The molecule has 1 fully saturated rings. The van der Waals surface area contributed by atoms with Crippen LogP contribution in [-0.4, -0.2) is 11.0 Å². The predicted molar refractivity (Wildman–Crippen MR) is 50.7 cm³/mol. The van der Waals surface area contributed by atoms with Crippen LogP contribution in [-0.2, 0) is 0 Å². The SMILES string of the molecule is c1cc2occc2c(NC2CC2)n1. The smallest absolute Gasteiger partial charge is 0.139 e. The van der Waals surface area contributed by atoms with Crippen molar-refractivity contribution >= 4 is 16.8 Å². The second-order valence-electron chi connectivity index (χ2n) is 3.41. The number of fused-ring (bicyclic) bond motifs is 1. The molecule has 0 aliphatic heterocycles. The number of furan rings is 1. The number of nitrogens with one attached hydrogen (secondary N) is 1. The van der Waals surface area contributed by atoms with E-state index in [1.54, 1.807) is 12.5 Å². The Labute approximate surface area is 75.8 Å². The Hall–Kier alpha value is -1.51. The summed E-state index contributed by atoms with van der Waals surface area (Å²) in [4.78, 5) is 4.29. The first-order valence-electron chi connectivity index (χ1n) is 4.52. The van der Waals surface area contributed by atoms with Crippen molar-refractivity contribution in [2.24, 2.45) is 0 Å². The fourth-order valence-corrected chi connectivity index (χ4v) is 1.43. The molecule has 2 aromatic rings. The van der Waals surface area contributed by atoms with E-state index in [-0.39, 0.29) is 0 Å². The fourth-order valence-electron chi connectivity index (χ4n) is 1.43. The average molecular weight is 174 g/mol. The summed E-state index contributed by atoms with van der Waals surface area (Å²) in [5, 5.41) is 4.45. The third kappa shape index (κ3) is 1.16. The summed E-state index contributed by atoms with van der Waals surface area (Å²) in [7, 11) is 0. The van der Waals surface area contributed by atoms with Crippen molar-refractivity contribution in [2.45, 2.75) is 18.9 Å². The molecule has 66 valence electrons. The quantitative estimate of drug-likeness (QED) is 0.759. The van der Waals surface area contributed by atoms with Gasteiger partial charge in [-0.15, -0.1) is 0 Å². The van der Waals surface area contributed by atoms with Gasteiger partial charge in [0.15, 0.2) is 0 Å². The monoisotopic (exact) mass is 174 g/mol. The maximum absolute atomic E-state index is 5.28. The van der Waals surface area contributed by atoms with E-state index >= 15 is 0 Å². The zero-order valence-corrected chi connectivity index (χ0v) is 7.16. The van der Waals surface area contributed by atoms with Gasteiger partial charge in [0, 0.05) is 12.2 Å². The van der Waals surface area contributed by atoms with Gasteiger partial charge in [-0.2, -0.15) is 0 Å². The Bertz CT molecular complexity index is 431. The Morgan fingerprint density at radius 2 is 2.31 bits per heavy atom. The summed E-state index contributed by atoms with van der Waals surface area (Å²) < 4.78 is 5.28. The molecule has 0 bridgehead atoms. The van der Waals surface area contributed by atoms with Crippen LogP contribution >= 0.6 is 0 Å². The second-order valence-corrected chi connectivity index (χ2v) is 3.41. The molecule has 0 atom stereocenters. The van der Waals surface area contributed by atoms with E-state index in [2.05, 4.69) is 10.3 Å². The molecule has 3 nitrogen and oxygen atoms in total. The minimum absolute atomic E-state index is 0.632. The van der Waals surface area contributed by atoms with Gasteiger partial charge in [0.1, 0.15) is 11.4 Å². The summed E-state index contributed by atoms with van der Waals surface area (Å²) in [6.07, 6.45) is 5.99. The van der Waals surface area contributed by atoms with Crippen LogP contribution in [0.5, 0.6) is 0 Å². The van der Waals surface area contributed by atoms with E-state index in [0.717, 1.165) is 16.8 Å². The van der Waals surface area contributed by atoms with Crippen molar-refractivity contribution in [1.82, 2.24) is 4.98 Å². The Morgan fingerprint density at radius 3 is 3.15 bits per heavy atom. The Balaban J connectivity index is 2.09. The highest BCUT2D eigenvalue weighted by Gasteiger charge is 2.22. The lowest BCUT2D eigenvalue weighted by molar-refractivity contribution is 0.615. The highest BCUT2D eigenvalue weighted by atomic mass is 16.3. The van der Waals surface area contributed by atoms with E-state index in [1.807, 2.05) is 12.1 Å². The van der Waals surface area contributed by atoms with Crippen molar-refractivity contribution < 1.29 is 4.42 Å². The molecule has 0 unspecified atom stereocenters. The van der Waals surface area contributed by atoms with Crippen molar-refractivity contribution in [3.8, 4) is 0 Å². The third-order valence-corrected chi connectivity index (χ3v) is 2.30. The van der Waals surface area contributed by atoms with Crippen LogP contribution in [0, 0.1) is 0 Å². The Morgan fingerprint density at radius 1 is 1.38 bits per heavy atom. The topological polar surface area (TPSA) is 38.1 Å². The average Bonchev–Trinajstić information content (AvgIpc) is 2.83. The molecule has 1 aliphatic rings. The second kappa shape index (κ2) is 2.49. The molecule has 1 N–H and O–H groups in total. The van der Waals surface area contributed by atoms with Gasteiger partial charge in [0.25, 0.3) is 0 Å². The van der Waals surface area contributed by atoms with Crippen LogP contribution in [0.3, 0.4) is 0 Å². The van der Waals surface area contributed by atoms with Gasteiger partial charge in [-0.25, -0.2) is 4.98 Å². The lowest BCUT2D eigenvalue weighted by Gasteiger charge is -2.02. The molecule has 2 heterocycles. The van der Waals surface area contributed by atoms with Crippen molar-refractivity contribution in [1.29, 1.82) is 0 Å². The van der Waals surface area contributed by atoms with E-state index in [0.29, 0.717) is 6.04 Å². The minimum atomic E-state index is 0.632. The number of pyridine rings is 1. The highest BCUT2D eigenvalue weighted by Crippen LogP contribution is 2.28.